The van der Waals surface area contributed by atoms with E-state index >= 15 is 0 Å². The first-order valence-electron chi connectivity index (χ1n) is 6.46. The molecule has 2 saturated carbocycles. The predicted octanol–water partition coefficient (Wildman–Crippen LogP) is 2.95. The Bertz CT molecular complexity index is 209. The van der Waals surface area contributed by atoms with Crippen molar-refractivity contribution in [2.45, 2.75) is 51.4 Å². The molecule has 0 aromatic rings. The first kappa shape index (κ1) is 11.1. The third-order valence-electron chi connectivity index (χ3n) is 3.94. The van der Waals surface area contributed by atoms with Gasteiger partial charge < -0.3 is 4.74 Å². The third-order valence-corrected chi connectivity index (χ3v) is 3.94. The lowest BCUT2D eigenvalue weighted by Gasteiger charge is -2.24. The largest absolute Gasteiger partial charge is 0.381 e. The molecule has 0 N–H and O–H groups in total. The van der Waals surface area contributed by atoms with Crippen molar-refractivity contribution in [3.05, 3.63) is 0 Å². The topological polar surface area (TPSA) is 26.3 Å². The Morgan fingerprint density at radius 1 is 1.07 bits per heavy atom. The fourth-order valence-electron chi connectivity index (χ4n) is 2.55. The molecule has 2 nitrogen and oxygen atoms in total. The lowest BCUT2D eigenvalue weighted by molar-refractivity contribution is -0.121. The molecule has 2 aliphatic carbocycles. The maximum absolute atomic E-state index is 11.3. The minimum absolute atomic E-state index is 0.328. The van der Waals surface area contributed by atoms with Crippen LogP contribution in [0.4, 0.5) is 0 Å². The van der Waals surface area contributed by atoms with Gasteiger partial charge in [-0.1, -0.05) is 19.3 Å². The smallest absolute Gasteiger partial charge is 0.136 e. The van der Waals surface area contributed by atoms with E-state index in [1.807, 2.05) is 0 Å². The van der Waals surface area contributed by atoms with Crippen LogP contribution in [-0.2, 0) is 9.53 Å². The first-order valence-corrected chi connectivity index (χ1v) is 6.46. The van der Waals surface area contributed by atoms with Gasteiger partial charge in [-0.3, -0.25) is 4.79 Å². The number of rotatable bonds is 6. The highest BCUT2D eigenvalue weighted by molar-refractivity contribution is 5.82. The number of ether oxygens (including phenoxy) is 1. The molecule has 0 aromatic carbocycles. The minimum Gasteiger partial charge on any atom is -0.381 e. The molecule has 2 aliphatic rings. The Hall–Kier alpha value is -0.370. The molecule has 2 heteroatoms. The monoisotopic (exact) mass is 210 g/mol. The zero-order valence-electron chi connectivity index (χ0n) is 9.54. The molecule has 86 valence electrons. The third kappa shape index (κ3) is 3.30. The van der Waals surface area contributed by atoms with E-state index in [1.54, 1.807) is 0 Å². The van der Waals surface area contributed by atoms with E-state index in [-0.39, 0.29) is 0 Å². The van der Waals surface area contributed by atoms with Gasteiger partial charge in [0.2, 0.25) is 0 Å². The van der Waals surface area contributed by atoms with Crippen LogP contribution in [0.3, 0.4) is 0 Å². The van der Waals surface area contributed by atoms with Crippen LogP contribution in [-0.4, -0.2) is 19.0 Å². The van der Waals surface area contributed by atoms with Crippen LogP contribution in [0.5, 0.6) is 0 Å². The molecule has 0 spiro atoms. The highest BCUT2D eigenvalue weighted by atomic mass is 16.5. The SMILES string of the molecule is O=C1CCCC1CCOCCC1CCC1. The second-order valence-corrected chi connectivity index (χ2v) is 5.04. The van der Waals surface area contributed by atoms with Crippen molar-refractivity contribution < 1.29 is 9.53 Å². The second-order valence-electron chi connectivity index (χ2n) is 5.04. The van der Waals surface area contributed by atoms with E-state index in [9.17, 15) is 4.79 Å². The van der Waals surface area contributed by atoms with Crippen molar-refractivity contribution in [3.8, 4) is 0 Å². The molecule has 0 radical (unpaired) electrons. The van der Waals surface area contributed by atoms with Gasteiger partial charge in [-0.05, 0) is 31.6 Å². The molecular weight excluding hydrogens is 188 g/mol. The average Bonchev–Trinajstić information content (AvgIpc) is 2.55. The summed E-state index contributed by atoms with van der Waals surface area (Å²) in [5, 5.41) is 0. The number of carbonyl (C=O) groups is 1. The summed E-state index contributed by atoms with van der Waals surface area (Å²) < 4.78 is 5.60. The van der Waals surface area contributed by atoms with Crippen molar-refractivity contribution >= 4 is 5.78 Å². The van der Waals surface area contributed by atoms with Gasteiger partial charge in [0.25, 0.3) is 0 Å². The zero-order chi connectivity index (χ0) is 10.5. The number of hydrogen-bond donors (Lipinski definition) is 0. The van der Waals surface area contributed by atoms with Gasteiger partial charge in [0.15, 0.2) is 0 Å². The Labute approximate surface area is 92.4 Å². The maximum atomic E-state index is 11.3. The molecule has 0 saturated heterocycles. The molecule has 2 fully saturated rings. The van der Waals surface area contributed by atoms with Gasteiger partial charge in [-0.15, -0.1) is 0 Å². The number of carbonyl (C=O) groups excluding carboxylic acids is 1. The van der Waals surface area contributed by atoms with E-state index in [2.05, 4.69) is 0 Å². The molecule has 0 bridgehead atoms. The molecule has 0 aliphatic heterocycles. The average molecular weight is 210 g/mol. The Morgan fingerprint density at radius 2 is 1.87 bits per heavy atom. The molecule has 0 aromatic heterocycles. The number of hydrogen-bond acceptors (Lipinski definition) is 2. The fourth-order valence-corrected chi connectivity index (χ4v) is 2.55. The standard InChI is InChI=1S/C13H22O2/c14-13-6-2-5-12(13)8-10-15-9-7-11-3-1-4-11/h11-12H,1-10H2. The van der Waals surface area contributed by atoms with Gasteiger partial charge in [0.1, 0.15) is 5.78 Å². The molecule has 1 atom stereocenters. The summed E-state index contributed by atoms with van der Waals surface area (Å²) in [6, 6.07) is 0. The second kappa shape index (κ2) is 5.64. The zero-order valence-corrected chi connectivity index (χ0v) is 9.54. The van der Waals surface area contributed by atoms with Gasteiger partial charge >= 0.3 is 0 Å². The summed E-state index contributed by atoms with van der Waals surface area (Å²) >= 11 is 0. The van der Waals surface area contributed by atoms with Crippen LogP contribution in [0.15, 0.2) is 0 Å². The summed E-state index contributed by atoms with van der Waals surface area (Å²) in [4.78, 5) is 11.3. The predicted molar refractivity (Wildman–Crippen MR) is 59.7 cm³/mol. The van der Waals surface area contributed by atoms with E-state index in [4.69, 9.17) is 4.74 Å². The number of Topliss-reactive ketones (excluding diaryl/α,β-unsaturated/α-hetero) is 1. The van der Waals surface area contributed by atoms with Gasteiger partial charge in [-0.2, -0.15) is 0 Å². The van der Waals surface area contributed by atoms with Crippen molar-refractivity contribution in [1.82, 2.24) is 0 Å². The first-order chi connectivity index (χ1) is 7.36. The Balaban J connectivity index is 1.45. The molecule has 15 heavy (non-hydrogen) atoms. The summed E-state index contributed by atoms with van der Waals surface area (Å²) in [6.07, 6.45) is 9.45. The highest BCUT2D eigenvalue weighted by Gasteiger charge is 2.23. The molecule has 0 heterocycles. The lowest BCUT2D eigenvalue weighted by atomic mass is 9.83. The minimum atomic E-state index is 0.328. The van der Waals surface area contributed by atoms with Crippen molar-refractivity contribution in [3.63, 3.8) is 0 Å². The van der Waals surface area contributed by atoms with Gasteiger partial charge in [0, 0.05) is 25.6 Å². The van der Waals surface area contributed by atoms with Crippen molar-refractivity contribution in [2.24, 2.45) is 11.8 Å². The Morgan fingerprint density at radius 3 is 2.47 bits per heavy atom. The summed E-state index contributed by atoms with van der Waals surface area (Å²) in [6.45, 7) is 1.70. The van der Waals surface area contributed by atoms with Crippen LogP contribution in [0, 0.1) is 11.8 Å². The maximum Gasteiger partial charge on any atom is 0.136 e. The Kier molecular flexibility index (Phi) is 4.18. The van der Waals surface area contributed by atoms with Crippen LogP contribution in [0.25, 0.3) is 0 Å². The number of ketones is 1. The molecule has 2 rings (SSSR count). The van der Waals surface area contributed by atoms with Crippen molar-refractivity contribution in [1.29, 1.82) is 0 Å². The van der Waals surface area contributed by atoms with E-state index in [1.165, 1.54) is 25.7 Å². The quantitative estimate of drug-likeness (QED) is 0.630. The van der Waals surface area contributed by atoms with Crippen LogP contribution in [0.1, 0.15) is 51.4 Å². The van der Waals surface area contributed by atoms with Crippen LogP contribution >= 0.6 is 0 Å². The van der Waals surface area contributed by atoms with Crippen LogP contribution < -0.4 is 0 Å². The highest BCUT2D eigenvalue weighted by Crippen LogP contribution is 2.29. The molecular formula is C13H22O2. The molecule has 1 unspecified atom stereocenters. The fraction of sp³-hybridized carbons (Fsp3) is 0.923. The van der Waals surface area contributed by atoms with Gasteiger partial charge in [-0.25, -0.2) is 0 Å². The molecule has 0 amide bonds. The summed E-state index contributed by atoms with van der Waals surface area (Å²) in [5.41, 5.74) is 0. The summed E-state index contributed by atoms with van der Waals surface area (Å²) in [7, 11) is 0. The van der Waals surface area contributed by atoms with E-state index < -0.39 is 0 Å². The van der Waals surface area contributed by atoms with E-state index in [0.29, 0.717) is 11.7 Å². The lowest BCUT2D eigenvalue weighted by Crippen LogP contribution is -2.15. The normalized spacial score (nSPS) is 26.9. The van der Waals surface area contributed by atoms with Crippen LogP contribution in [0.2, 0.25) is 0 Å². The van der Waals surface area contributed by atoms with E-state index in [0.717, 1.165) is 44.8 Å². The van der Waals surface area contributed by atoms with Crippen molar-refractivity contribution in [2.75, 3.05) is 13.2 Å². The summed E-state index contributed by atoms with van der Waals surface area (Å²) in [5.74, 6) is 1.74. The van der Waals surface area contributed by atoms with Gasteiger partial charge in [0.05, 0.1) is 0 Å².